The van der Waals surface area contributed by atoms with Crippen LogP contribution in [0.2, 0.25) is 0 Å². The van der Waals surface area contributed by atoms with Gasteiger partial charge in [-0.05, 0) is 67.0 Å². The number of amides is 2. The Morgan fingerprint density at radius 2 is 1.77 bits per heavy atom. The molecule has 1 aliphatic rings. The topological polar surface area (TPSA) is 133 Å². The van der Waals surface area contributed by atoms with Gasteiger partial charge in [-0.3, -0.25) is 9.59 Å². The van der Waals surface area contributed by atoms with Crippen LogP contribution in [0.4, 0.5) is 5.82 Å². The molecule has 2 amide bonds. The van der Waals surface area contributed by atoms with Crippen molar-refractivity contribution < 1.29 is 9.59 Å². The van der Waals surface area contributed by atoms with E-state index in [1.165, 1.54) is 0 Å². The van der Waals surface area contributed by atoms with E-state index in [0.29, 0.717) is 25.2 Å². The smallest absolute Gasteiger partial charge is 0.224 e. The predicted molar refractivity (Wildman–Crippen MR) is 159 cm³/mol. The molecule has 8 nitrogen and oxygen atoms in total. The summed E-state index contributed by atoms with van der Waals surface area (Å²) in [4.78, 5) is 31.2. The molecule has 0 aliphatic carbocycles. The van der Waals surface area contributed by atoms with Crippen LogP contribution in [0.1, 0.15) is 55.8 Å². The van der Waals surface area contributed by atoms with Crippen LogP contribution in [0.5, 0.6) is 0 Å². The Labute approximate surface area is 235 Å². The van der Waals surface area contributed by atoms with Crippen LogP contribution in [0, 0.1) is 0 Å². The molecule has 0 bridgehead atoms. The first-order valence-electron chi connectivity index (χ1n) is 14.0. The van der Waals surface area contributed by atoms with E-state index < -0.39 is 0 Å². The Morgan fingerprint density at radius 3 is 2.50 bits per heavy atom. The largest absolute Gasteiger partial charge is 0.384 e. The molecule has 4 aromatic rings. The van der Waals surface area contributed by atoms with Crippen LogP contribution in [-0.2, 0) is 16.0 Å². The van der Waals surface area contributed by atoms with Crippen LogP contribution >= 0.6 is 0 Å². The van der Waals surface area contributed by atoms with Crippen LogP contribution in [0.15, 0.2) is 72.9 Å². The number of piperidine rings is 1. The molecule has 0 radical (unpaired) electrons. The van der Waals surface area contributed by atoms with E-state index in [0.717, 1.165) is 52.7 Å². The molecule has 1 saturated heterocycles. The first-order chi connectivity index (χ1) is 19.3. The summed E-state index contributed by atoms with van der Waals surface area (Å²) >= 11 is 0. The summed E-state index contributed by atoms with van der Waals surface area (Å²) in [5.74, 6) is 0.459. The van der Waals surface area contributed by atoms with Gasteiger partial charge in [0, 0.05) is 66.9 Å². The van der Waals surface area contributed by atoms with Crippen LogP contribution < -0.4 is 17.2 Å². The van der Waals surface area contributed by atoms with Crippen molar-refractivity contribution in [1.29, 1.82) is 0 Å². The van der Waals surface area contributed by atoms with Crippen LogP contribution in [0.3, 0.4) is 0 Å². The van der Waals surface area contributed by atoms with E-state index in [1.807, 2.05) is 42.2 Å². The van der Waals surface area contributed by atoms with Gasteiger partial charge in [-0.2, -0.15) is 0 Å². The van der Waals surface area contributed by atoms with Crippen molar-refractivity contribution in [2.24, 2.45) is 11.5 Å². The average molecular weight is 539 g/mol. The van der Waals surface area contributed by atoms with E-state index in [9.17, 15) is 9.59 Å². The Balaban J connectivity index is 1.24. The lowest BCUT2D eigenvalue weighted by atomic mass is 9.93. The maximum Gasteiger partial charge on any atom is 0.224 e. The zero-order valence-corrected chi connectivity index (χ0v) is 23.0. The number of pyridine rings is 1. The minimum Gasteiger partial charge on any atom is -0.384 e. The van der Waals surface area contributed by atoms with Crippen molar-refractivity contribution in [2.45, 2.75) is 57.0 Å². The molecule has 1 fully saturated rings. The van der Waals surface area contributed by atoms with Gasteiger partial charge >= 0.3 is 0 Å². The molecule has 0 spiro atoms. The fourth-order valence-electron chi connectivity index (χ4n) is 5.97. The lowest BCUT2D eigenvalue weighted by Crippen LogP contribution is -2.42. The fourth-order valence-corrected chi connectivity index (χ4v) is 5.97. The van der Waals surface area contributed by atoms with E-state index in [1.54, 1.807) is 12.3 Å². The molecular formula is C32H38N6O2. The lowest BCUT2D eigenvalue weighted by Gasteiger charge is -2.34. The van der Waals surface area contributed by atoms with Gasteiger partial charge in [0.2, 0.25) is 11.8 Å². The van der Waals surface area contributed by atoms with Crippen molar-refractivity contribution in [3.8, 4) is 11.1 Å². The van der Waals surface area contributed by atoms with Gasteiger partial charge in [0.05, 0.1) is 0 Å². The number of rotatable bonds is 9. The maximum absolute atomic E-state index is 13.3. The number of likely N-dealkylation sites (tertiary alicyclic amines) is 1. The van der Waals surface area contributed by atoms with Gasteiger partial charge < -0.3 is 26.7 Å². The second-order valence-electron chi connectivity index (χ2n) is 11.0. The Morgan fingerprint density at radius 1 is 1.02 bits per heavy atom. The third-order valence-corrected chi connectivity index (χ3v) is 7.92. The highest BCUT2D eigenvalue weighted by Gasteiger charge is 2.29. The normalized spacial score (nSPS) is 17.1. The summed E-state index contributed by atoms with van der Waals surface area (Å²) in [7, 11) is 0. The van der Waals surface area contributed by atoms with Gasteiger partial charge in [-0.25, -0.2) is 4.98 Å². The molecule has 8 heteroatoms. The van der Waals surface area contributed by atoms with E-state index in [4.69, 9.17) is 17.2 Å². The summed E-state index contributed by atoms with van der Waals surface area (Å²) in [6.45, 7) is 3.42. The minimum atomic E-state index is -0.317. The number of anilines is 1. The van der Waals surface area contributed by atoms with Gasteiger partial charge in [0.15, 0.2) is 0 Å². The molecule has 3 atom stereocenters. The molecule has 1 aliphatic heterocycles. The number of hydrogen-bond acceptors (Lipinski definition) is 5. The van der Waals surface area contributed by atoms with Gasteiger partial charge in [-0.1, -0.05) is 42.5 Å². The number of fused-ring (bicyclic) bond motifs is 1. The number of primary amides is 1. The average Bonchev–Trinajstić information content (AvgIpc) is 3.34. The highest BCUT2D eigenvalue weighted by molar-refractivity contribution is 5.82. The Bertz CT molecular complexity index is 1480. The fraction of sp³-hybridized carbons (Fsp3) is 0.344. The first-order valence-corrected chi connectivity index (χ1v) is 14.0. The molecule has 40 heavy (non-hydrogen) atoms. The third kappa shape index (κ3) is 6.18. The zero-order valence-electron chi connectivity index (χ0n) is 23.0. The molecule has 2 aromatic carbocycles. The minimum absolute atomic E-state index is 0.0606. The second kappa shape index (κ2) is 11.9. The number of nitrogen functional groups attached to an aromatic ring is 1. The molecule has 3 heterocycles. The van der Waals surface area contributed by atoms with Crippen molar-refractivity contribution in [2.75, 3.05) is 18.8 Å². The molecule has 6 N–H and O–H groups in total. The molecule has 3 unspecified atom stereocenters. The van der Waals surface area contributed by atoms with Crippen molar-refractivity contribution in [3.05, 3.63) is 84.2 Å². The SMILES string of the molecule is CC(CC(N)=O)n1c(C2CCCN(C(=O)CC(N)Cc3ccc(-c4ccc(N)nc4)cc3)C2)cc2ccccc21. The lowest BCUT2D eigenvalue weighted by molar-refractivity contribution is -0.132. The van der Waals surface area contributed by atoms with Gasteiger partial charge in [0.1, 0.15) is 5.82 Å². The summed E-state index contributed by atoms with van der Waals surface area (Å²) < 4.78 is 2.24. The highest BCUT2D eigenvalue weighted by Crippen LogP contribution is 2.35. The standard InChI is InChI=1S/C32H38N6O2/c1-21(15-31(35)39)38-28-7-3-2-5-24(28)17-29(38)26-6-4-14-37(20-26)32(40)18-27(33)16-22-8-10-23(11-9-22)25-12-13-30(34)36-19-25/h2-3,5,7-13,17,19,21,26-27H,4,6,14-16,18,20,33H2,1H3,(H2,34,36)(H2,35,39). The zero-order chi connectivity index (χ0) is 28.2. The van der Waals surface area contributed by atoms with Crippen LogP contribution in [0.25, 0.3) is 22.0 Å². The number of para-hydroxylation sites is 1. The molecular weight excluding hydrogens is 500 g/mol. The van der Waals surface area contributed by atoms with E-state index in [2.05, 4.69) is 39.9 Å². The third-order valence-electron chi connectivity index (χ3n) is 7.92. The summed E-state index contributed by atoms with van der Waals surface area (Å²) in [6, 6.07) is 22.0. The van der Waals surface area contributed by atoms with Crippen molar-refractivity contribution in [3.63, 3.8) is 0 Å². The van der Waals surface area contributed by atoms with Gasteiger partial charge in [0.25, 0.3) is 0 Å². The number of aromatic nitrogens is 2. The van der Waals surface area contributed by atoms with Crippen LogP contribution in [-0.4, -0.2) is 45.4 Å². The first kappa shape index (κ1) is 27.4. The van der Waals surface area contributed by atoms with Crippen molar-refractivity contribution in [1.82, 2.24) is 14.5 Å². The summed E-state index contributed by atoms with van der Waals surface area (Å²) in [6.07, 6.45) is 4.88. The highest BCUT2D eigenvalue weighted by atomic mass is 16.2. The Hall–Kier alpha value is -4.17. The second-order valence-corrected chi connectivity index (χ2v) is 11.0. The predicted octanol–water partition coefficient (Wildman–Crippen LogP) is 4.39. The molecule has 0 saturated carbocycles. The van der Waals surface area contributed by atoms with E-state index in [-0.39, 0.29) is 36.2 Å². The monoisotopic (exact) mass is 538 g/mol. The molecule has 2 aromatic heterocycles. The van der Waals surface area contributed by atoms with Crippen molar-refractivity contribution >= 4 is 28.5 Å². The number of carbonyl (C=O) groups is 2. The summed E-state index contributed by atoms with van der Waals surface area (Å²) in [5, 5.41) is 1.14. The van der Waals surface area contributed by atoms with E-state index >= 15 is 0 Å². The quantitative estimate of drug-likeness (QED) is 0.291. The number of nitrogens with zero attached hydrogens (tertiary/aromatic N) is 3. The summed E-state index contributed by atoms with van der Waals surface area (Å²) in [5.41, 5.74) is 23.1. The number of nitrogens with two attached hydrogens (primary N) is 3. The number of carbonyl (C=O) groups excluding carboxylic acids is 2. The number of benzene rings is 2. The molecule has 5 rings (SSSR count). The van der Waals surface area contributed by atoms with Gasteiger partial charge in [-0.15, -0.1) is 0 Å². The number of hydrogen-bond donors (Lipinski definition) is 3. The maximum atomic E-state index is 13.3. The molecule has 208 valence electrons. The Kier molecular flexibility index (Phi) is 8.16.